The second kappa shape index (κ2) is 7.23. The molecule has 1 N–H and O–H groups in total. The number of rotatable bonds is 7. The lowest BCUT2D eigenvalue weighted by Gasteiger charge is -2.28. The molecule has 6 heteroatoms. The summed E-state index contributed by atoms with van der Waals surface area (Å²) < 4.78 is 31.2. The highest BCUT2D eigenvalue weighted by atomic mass is 32.2. The predicted octanol–water partition coefficient (Wildman–Crippen LogP) is 0.593. The first-order valence-electron chi connectivity index (χ1n) is 6.38. The minimum Gasteiger partial charge on any atom is -0.380 e. The number of nitrogens with one attached hydrogen (secondary N) is 1. The molecule has 0 bridgehead atoms. The summed E-state index contributed by atoms with van der Waals surface area (Å²) in [7, 11) is -1.53. The van der Waals surface area contributed by atoms with Crippen molar-refractivity contribution in [2.45, 2.75) is 25.5 Å². The first-order chi connectivity index (χ1) is 8.52. The van der Waals surface area contributed by atoms with Crippen LogP contribution in [0.25, 0.3) is 0 Å². The van der Waals surface area contributed by atoms with Crippen molar-refractivity contribution in [1.82, 2.24) is 9.62 Å². The van der Waals surface area contributed by atoms with Crippen LogP contribution in [0.5, 0.6) is 0 Å². The molecule has 5 nitrogen and oxygen atoms in total. The minimum atomic E-state index is -3.19. The standard InChI is InChI=1S/C12H24N2O3S/c1-4-13-9-11(2)18(15,16)14-7-5-12(6-8-14)10-17-3/h5,11,13H,4,6-10H2,1-3H3. The van der Waals surface area contributed by atoms with Crippen LogP contribution < -0.4 is 5.32 Å². The molecular weight excluding hydrogens is 252 g/mol. The third-order valence-electron chi connectivity index (χ3n) is 3.15. The van der Waals surface area contributed by atoms with E-state index in [4.69, 9.17) is 4.74 Å². The molecule has 0 amide bonds. The zero-order valence-corrected chi connectivity index (χ0v) is 12.3. The average Bonchev–Trinajstić information content (AvgIpc) is 2.37. The normalized spacial score (nSPS) is 19.6. The van der Waals surface area contributed by atoms with Crippen molar-refractivity contribution < 1.29 is 13.2 Å². The molecular formula is C12H24N2O3S. The smallest absolute Gasteiger partial charge is 0.218 e. The number of ether oxygens (including phenoxy) is 1. The first-order valence-corrected chi connectivity index (χ1v) is 7.89. The fourth-order valence-corrected chi connectivity index (χ4v) is 3.41. The van der Waals surface area contributed by atoms with Gasteiger partial charge in [0.1, 0.15) is 0 Å². The maximum atomic E-state index is 12.3. The molecule has 0 aromatic heterocycles. The van der Waals surface area contributed by atoms with Gasteiger partial charge in [0.15, 0.2) is 0 Å². The van der Waals surface area contributed by atoms with Crippen LogP contribution in [0.4, 0.5) is 0 Å². The van der Waals surface area contributed by atoms with Gasteiger partial charge in [0.05, 0.1) is 11.9 Å². The fraction of sp³-hybridized carbons (Fsp3) is 0.833. The summed E-state index contributed by atoms with van der Waals surface area (Å²) in [6, 6.07) is 0. The van der Waals surface area contributed by atoms with E-state index in [0.717, 1.165) is 13.0 Å². The summed E-state index contributed by atoms with van der Waals surface area (Å²) in [5.74, 6) is 0. The Kier molecular flexibility index (Phi) is 6.28. The highest BCUT2D eigenvalue weighted by Crippen LogP contribution is 2.17. The van der Waals surface area contributed by atoms with E-state index in [1.54, 1.807) is 18.3 Å². The molecule has 1 aliphatic rings. The average molecular weight is 276 g/mol. The zero-order chi connectivity index (χ0) is 13.6. The Balaban J connectivity index is 2.60. The van der Waals surface area contributed by atoms with Crippen LogP contribution >= 0.6 is 0 Å². The number of sulfonamides is 1. The molecule has 0 aromatic rings. The van der Waals surface area contributed by atoms with Gasteiger partial charge >= 0.3 is 0 Å². The van der Waals surface area contributed by atoms with Crippen molar-refractivity contribution in [3.8, 4) is 0 Å². The fourth-order valence-electron chi connectivity index (χ4n) is 1.95. The van der Waals surface area contributed by atoms with Gasteiger partial charge in [-0.25, -0.2) is 8.42 Å². The van der Waals surface area contributed by atoms with Gasteiger partial charge in [-0.05, 0) is 25.5 Å². The number of hydrogen-bond donors (Lipinski definition) is 1. The Labute approximate surface area is 110 Å². The van der Waals surface area contributed by atoms with Crippen molar-refractivity contribution in [3.05, 3.63) is 11.6 Å². The van der Waals surface area contributed by atoms with Crippen LogP contribution in [0.15, 0.2) is 11.6 Å². The Morgan fingerprint density at radius 3 is 2.78 bits per heavy atom. The van der Waals surface area contributed by atoms with Crippen molar-refractivity contribution in [2.75, 3.05) is 39.9 Å². The SMILES string of the molecule is CCNCC(C)S(=O)(=O)N1CC=C(COC)CC1. The molecule has 0 aliphatic carbocycles. The minimum absolute atomic E-state index is 0.380. The van der Waals surface area contributed by atoms with Gasteiger partial charge in [-0.15, -0.1) is 0 Å². The van der Waals surface area contributed by atoms with Crippen molar-refractivity contribution in [1.29, 1.82) is 0 Å². The molecule has 1 rings (SSSR count). The van der Waals surface area contributed by atoms with E-state index >= 15 is 0 Å². The third-order valence-corrected chi connectivity index (χ3v) is 5.38. The van der Waals surface area contributed by atoms with Crippen LogP contribution in [0, 0.1) is 0 Å². The lowest BCUT2D eigenvalue weighted by atomic mass is 10.1. The Hall–Kier alpha value is -0.430. The summed E-state index contributed by atoms with van der Waals surface area (Å²) in [6.45, 7) is 6.65. The molecule has 18 heavy (non-hydrogen) atoms. The van der Waals surface area contributed by atoms with Gasteiger partial charge in [0.2, 0.25) is 10.0 Å². The van der Waals surface area contributed by atoms with E-state index in [0.29, 0.717) is 26.2 Å². The summed E-state index contributed by atoms with van der Waals surface area (Å²) in [4.78, 5) is 0. The second-order valence-electron chi connectivity index (χ2n) is 4.57. The van der Waals surface area contributed by atoms with E-state index in [1.807, 2.05) is 13.0 Å². The molecule has 1 atom stereocenters. The number of methoxy groups -OCH3 is 1. The number of hydrogen-bond acceptors (Lipinski definition) is 4. The lowest BCUT2D eigenvalue weighted by molar-refractivity contribution is 0.219. The molecule has 1 heterocycles. The van der Waals surface area contributed by atoms with Crippen molar-refractivity contribution in [2.24, 2.45) is 0 Å². The van der Waals surface area contributed by atoms with E-state index in [-0.39, 0.29) is 5.25 Å². The monoisotopic (exact) mass is 276 g/mol. The van der Waals surface area contributed by atoms with Gasteiger partial charge in [-0.1, -0.05) is 13.0 Å². The van der Waals surface area contributed by atoms with Gasteiger partial charge < -0.3 is 10.1 Å². The third kappa shape index (κ3) is 4.05. The van der Waals surface area contributed by atoms with Gasteiger partial charge in [-0.3, -0.25) is 0 Å². The van der Waals surface area contributed by atoms with E-state index in [1.165, 1.54) is 5.57 Å². The Morgan fingerprint density at radius 1 is 1.56 bits per heavy atom. The van der Waals surface area contributed by atoms with Crippen LogP contribution in [-0.2, 0) is 14.8 Å². The largest absolute Gasteiger partial charge is 0.380 e. The van der Waals surface area contributed by atoms with Gasteiger partial charge in [0.25, 0.3) is 0 Å². The van der Waals surface area contributed by atoms with E-state index < -0.39 is 10.0 Å². The first kappa shape index (κ1) is 15.6. The van der Waals surface area contributed by atoms with E-state index in [2.05, 4.69) is 5.32 Å². The molecule has 0 saturated heterocycles. The lowest BCUT2D eigenvalue weighted by Crippen LogP contribution is -2.43. The Morgan fingerprint density at radius 2 is 2.28 bits per heavy atom. The summed E-state index contributed by atoms with van der Waals surface area (Å²) in [5, 5.41) is 2.70. The topological polar surface area (TPSA) is 58.6 Å². The van der Waals surface area contributed by atoms with Crippen molar-refractivity contribution in [3.63, 3.8) is 0 Å². The predicted molar refractivity (Wildman–Crippen MR) is 73.1 cm³/mol. The molecule has 1 unspecified atom stereocenters. The second-order valence-corrected chi connectivity index (χ2v) is 6.92. The molecule has 106 valence electrons. The van der Waals surface area contributed by atoms with Gasteiger partial charge in [0, 0.05) is 26.7 Å². The summed E-state index contributed by atoms with van der Waals surface area (Å²) in [6.07, 6.45) is 2.73. The maximum absolute atomic E-state index is 12.3. The molecule has 1 aliphatic heterocycles. The quantitative estimate of drug-likeness (QED) is 0.692. The molecule has 0 radical (unpaired) electrons. The molecule has 0 fully saturated rings. The number of nitrogens with zero attached hydrogens (tertiary/aromatic N) is 1. The molecule has 0 aromatic carbocycles. The highest BCUT2D eigenvalue weighted by molar-refractivity contribution is 7.89. The maximum Gasteiger partial charge on any atom is 0.218 e. The van der Waals surface area contributed by atoms with Gasteiger partial charge in [-0.2, -0.15) is 4.31 Å². The van der Waals surface area contributed by atoms with Crippen LogP contribution in [0.2, 0.25) is 0 Å². The Bertz CT molecular complexity index is 379. The summed E-state index contributed by atoms with van der Waals surface area (Å²) >= 11 is 0. The molecule has 0 saturated carbocycles. The molecule has 0 spiro atoms. The van der Waals surface area contributed by atoms with Crippen LogP contribution in [0.3, 0.4) is 0 Å². The van der Waals surface area contributed by atoms with Crippen molar-refractivity contribution >= 4 is 10.0 Å². The summed E-state index contributed by atoms with van der Waals surface area (Å²) in [5.41, 5.74) is 1.18. The van der Waals surface area contributed by atoms with E-state index in [9.17, 15) is 8.42 Å². The van der Waals surface area contributed by atoms with Crippen LogP contribution in [-0.4, -0.2) is 57.9 Å². The zero-order valence-electron chi connectivity index (χ0n) is 11.5. The highest BCUT2D eigenvalue weighted by Gasteiger charge is 2.29. The van der Waals surface area contributed by atoms with Crippen LogP contribution in [0.1, 0.15) is 20.3 Å².